The topological polar surface area (TPSA) is 101 Å². The summed E-state index contributed by atoms with van der Waals surface area (Å²) >= 11 is 0. The molecule has 5 nitrogen and oxygen atoms in total. The van der Waals surface area contributed by atoms with Gasteiger partial charge in [-0.05, 0) is 6.42 Å². The maximum atomic E-state index is 9.99. The monoisotopic (exact) mass is 237 g/mol. The predicted molar refractivity (Wildman–Crippen MR) is 55.3 cm³/mol. The molecule has 0 aromatic rings. The van der Waals surface area contributed by atoms with Gasteiger partial charge < -0.3 is 15.9 Å². The normalized spacial score (nSPS) is 9.62. The molecule has 13 heavy (non-hydrogen) atoms. The third-order valence-corrected chi connectivity index (χ3v) is 0.986. The average Bonchev–Trinajstić information content (AvgIpc) is 1.82. The van der Waals surface area contributed by atoms with Crippen LogP contribution in [-0.2, 0) is 9.59 Å². The van der Waals surface area contributed by atoms with Crippen LogP contribution < -0.4 is 5.73 Å². The summed E-state index contributed by atoms with van der Waals surface area (Å²) in [6, 6.07) is -1.06. The Labute approximate surface area is 150 Å². The molecule has 0 rings (SSSR count). The minimum atomic E-state index is -1.17. The molecular weight excluding hydrogens is 224 g/mol. The molecule has 0 aliphatic rings. The number of nitrogens with two attached hydrogens (primary N) is 1. The molecule has 0 aliphatic carbocycles. The van der Waals surface area contributed by atoms with Crippen LogP contribution >= 0.6 is 0 Å². The molecule has 0 aliphatic heterocycles. The first-order valence-corrected chi connectivity index (χ1v) is 2.74. The van der Waals surface area contributed by atoms with Gasteiger partial charge in [0.15, 0.2) is 0 Å². The van der Waals surface area contributed by atoms with Crippen molar-refractivity contribution in [3.63, 3.8) is 0 Å². The van der Waals surface area contributed by atoms with Crippen molar-refractivity contribution < 1.29 is 19.8 Å². The van der Waals surface area contributed by atoms with Gasteiger partial charge in [-0.2, -0.15) is 0 Å². The van der Waals surface area contributed by atoms with Crippen molar-refractivity contribution in [3.8, 4) is 0 Å². The van der Waals surface area contributed by atoms with Gasteiger partial charge in [-0.1, -0.05) is 0 Å². The molecule has 0 saturated carbocycles. The summed E-state index contributed by atoms with van der Waals surface area (Å²) in [6.07, 6.45) is -0.224. The van der Waals surface area contributed by atoms with Crippen molar-refractivity contribution >= 4 is 109 Å². The first-order chi connectivity index (χ1) is 4.54. The third kappa shape index (κ3) is 16.8. The molecule has 1 atom stereocenters. The van der Waals surface area contributed by atoms with Gasteiger partial charge in [-0.15, -0.1) is 0 Å². The minimum absolute atomic E-state index is 0. The summed E-state index contributed by atoms with van der Waals surface area (Å²) in [5.41, 5.74) is 5.00. The van der Waals surface area contributed by atoms with Gasteiger partial charge in [0, 0.05) is 6.42 Å². The Hall–Kier alpha value is 2.16. The predicted octanol–water partition coefficient (Wildman–Crippen LogP) is -2.95. The summed E-state index contributed by atoms with van der Waals surface area (Å²) < 4.78 is 0. The van der Waals surface area contributed by atoms with Gasteiger partial charge in [-0.25, -0.2) is 0 Å². The van der Waals surface area contributed by atoms with E-state index >= 15 is 0 Å². The second-order valence-electron chi connectivity index (χ2n) is 1.88. The van der Waals surface area contributed by atoms with E-state index in [2.05, 4.69) is 0 Å². The Morgan fingerprint density at radius 1 is 1.23 bits per heavy atom. The Bertz CT molecular complexity index is 157. The van der Waals surface area contributed by atoms with E-state index < -0.39 is 18.0 Å². The first kappa shape index (κ1) is 24.4. The Morgan fingerprint density at radius 3 is 1.85 bits per heavy atom. The van der Waals surface area contributed by atoms with Gasteiger partial charge >= 0.3 is 109 Å². The number of carboxylic acids is 2. The molecule has 0 unspecified atom stereocenters. The van der Waals surface area contributed by atoms with Gasteiger partial charge in [0.2, 0.25) is 0 Å². The second kappa shape index (κ2) is 14.2. The summed E-state index contributed by atoms with van der Waals surface area (Å²) in [4.78, 5) is 19.9. The van der Waals surface area contributed by atoms with Crippen LogP contribution in [0.5, 0.6) is 0 Å². The van der Waals surface area contributed by atoms with E-state index in [9.17, 15) is 9.59 Å². The van der Waals surface area contributed by atoms with E-state index in [0.29, 0.717) is 0 Å². The SMILES string of the molecule is N[C@@H](CCC(=O)O)C(=O)O.[CaH2].[NaH].[NaH]. The van der Waals surface area contributed by atoms with Gasteiger partial charge in [0.05, 0.1) is 0 Å². The van der Waals surface area contributed by atoms with Crippen LogP contribution in [-0.4, -0.2) is 125 Å². The fourth-order valence-electron chi connectivity index (χ4n) is 0.402. The second-order valence-corrected chi connectivity index (χ2v) is 1.88. The first-order valence-electron chi connectivity index (χ1n) is 2.74. The average molecular weight is 237 g/mol. The molecule has 66 valence electrons. The number of carbonyl (C=O) groups is 2. The molecule has 0 heterocycles. The number of aliphatic carboxylic acids is 2. The zero-order valence-corrected chi connectivity index (χ0v) is 5.28. The van der Waals surface area contributed by atoms with Crippen LogP contribution in [0.3, 0.4) is 0 Å². The van der Waals surface area contributed by atoms with Crippen molar-refractivity contribution in [1.29, 1.82) is 0 Å². The van der Waals surface area contributed by atoms with E-state index in [4.69, 9.17) is 15.9 Å². The summed E-state index contributed by atoms with van der Waals surface area (Å²) in [6.45, 7) is 0. The molecule has 0 radical (unpaired) electrons. The Morgan fingerprint density at radius 2 is 1.62 bits per heavy atom. The summed E-state index contributed by atoms with van der Waals surface area (Å²) in [5, 5.41) is 16.3. The molecule has 0 spiro atoms. The van der Waals surface area contributed by atoms with Crippen LogP contribution in [0, 0.1) is 0 Å². The molecule has 0 amide bonds. The van der Waals surface area contributed by atoms with E-state index in [1.165, 1.54) is 0 Å². The van der Waals surface area contributed by atoms with E-state index in [1.54, 1.807) is 0 Å². The fourth-order valence-corrected chi connectivity index (χ4v) is 0.402. The van der Waals surface area contributed by atoms with Crippen LogP contribution in [0.15, 0.2) is 0 Å². The van der Waals surface area contributed by atoms with Crippen molar-refractivity contribution in [2.24, 2.45) is 5.73 Å². The molecule has 8 heteroatoms. The van der Waals surface area contributed by atoms with Crippen LogP contribution in [0.4, 0.5) is 0 Å². The van der Waals surface area contributed by atoms with Crippen molar-refractivity contribution in [1.82, 2.24) is 0 Å². The van der Waals surface area contributed by atoms with Crippen LogP contribution in [0.25, 0.3) is 0 Å². The van der Waals surface area contributed by atoms with E-state index in [-0.39, 0.29) is 110 Å². The molecular formula is C5H13CaNNa2O4. The molecule has 4 N–H and O–H groups in total. The number of rotatable bonds is 4. The van der Waals surface area contributed by atoms with Gasteiger partial charge in [0.25, 0.3) is 0 Å². The molecule has 0 saturated heterocycles. The fraction of sp³-hybridized carbons (Fsp3) is 0.600. The third-order valence-electron chi connectivity index (χ3n) is 0.986. The summed E-state index contributed by atoms with van der Waals surface area (Å²) in [5.74, 6) is -2.20. The molecule has 0 fully saturated rings. The van der Waals surface area contributed by atoms with Crippen molar-refractivity contribution in [2.75, 3.05) is 0 Å². The van der Waals surface area contributed by atoms with Crippen LogP contribution in [0.1, 0.15) is 12.8 Å². The summed E-state index contributed by atoms with van der Waals surface area (Å²) in [7, 11) is 0. The number of hydrogen-bond acceptors (Lipinski definition) is 3. The van der Waals surface area contributed by atoms with Crippen LogP contribution in [0.2, 0.25) is 0 Å². The zero-order chi connectivity index (χ0) is 8.15. The van der Waals surface area contributed by atoms with Crippen molar-refractivity contribution in [3.05, 3.63) is 0 Å². The number of carboxylic acid groups (broad SMARTS) is 2. The number of hydrogen-bond donors (Lipinski definition) is 3. The van der Waals surface area contributed by atoms with E-state index in [0.717, 1.165) is 0 Å². The Balaban J connectivity index is -0.000000135. The molecule has 0 bridgehead atoms. The van der Waals surface area contributed by atoms with Gasteiger partial charge in [-0.3, -0.25) is 9.59 Å². The zero-order valence-electron chi connectivity index (χ0n) is 5.28. The van der Waals surface area contributed by atoms with E-state index in [1.807, 2.05) is 0 Å². The molecule has 0 aromatic carbocycles. The maximum absolute atomic E-state index is 9.99. The van der Waals surface area contributed by atoms with Gasteiger partial charge in [0.1, 0.15) is 6.04 Å². The molecule has 0 aromatic heterocycles. The quantitative estimate of drug-likeness (QED) is 0.454. The van der Waals surface area contributed by atoms with Crippen molar-refractivity contribution in [2.45, 2.75) is 18.9 Å². The Kier molecular flexibility index (Phi) is 26.6. The standard InChI is InChI=1S/C5H9NO4.Ca.2Na.4H/c6-3(5(9)10)1-2-4(7)8;;;;;;;/h3H,1-2,6H2,(H,7,8)(H,9,10);;;;;;;/t3-;;;;;;;/m0......./s1.